The van der Waals surface area contributed by atoms with Crippen LogP contribution in [0.15, 0.2) is 0 Å². The smallest absolute Gasteiger partial charge is 0.356 e. The Labute approximate surface area is 82.5 Å². The molecular weight excluding hydrogens is 182 g/mol. The largest absolute Gasteiger partial charge is 0.476 e. The van der Waals surface area contributed by atoms with Crippen LogP contribution in [-0.4, -0.2) is 20.9 Å². The standard InChI is InChI=1S/C9H15N3O2/c1-5(2)4-6-7(10)8(9(13)14)12(3)11-6/h5H,4,10H2,1-3H3,(H,13,14). The molecule has 5 heteroatoms. The second kappa shape index (κ2) is 3.69. The summed E-state index contributed by atoms with van der Waals surface area (Å²) < 4.78 is 1.31. The van der Waals surface area contributed by atoms with Crippen LogP contribution >= 0.6 is 0 Å². The minimum absolute atomic E-state index is 0.0700. The lowest BCUT2D eigenvalue weighted by Crippen LogP contribution is -2.07. The molecule has 3 N–H and O–H groups in total. The normalized spacial score (nSPS) is 10.9. The first kappa shape index (κ1) is 10.6. The molecule has 0 spiro atoms. The number of nitrogens with two attached hydrogens (primary N) is 1. The van der Waals surface area contributed by atoms with Gasteiger partial charge in [0.15, 0.2) is 5.69 Å². The first-order valence-electron chi connectivity index (χ1n) is 4.48. The number of aromatic nitrogens is 2. The third kappa shape index (κ3) is 1.86. The summed E-state index contributed by atoms with van der Waals surface area (Å²) >= 11 is 0. The third-order valence-corrected chi connectivity index (χ3v) is 1.96. The molecule has 0 atom stereocenters. The van der Waals surface area contributed by atoms with Gasteiger partial charge < -0.3 is 10.8 Å². The molecule has 1 aromatic rings. The number of carbonyl (C=O) groups is 1. The molecule has 0 bridgehead atoms. The highest BCUT2D eigenvalue weighted by molar-refractivity contribution is 5.92. The van der Waals surface area contributed by atoms with Gasteiger partial charge in [0, 0.05) is 7.05 Å². The molecule has 0 aliphatic rings. The van der Waals surface area contributed by atoms with Crippen LogP contribution in [-0.2, 0) is 13.5 Å². The van der Waals surface area contributed by atoms with Crippen molar-refractivity contribution in [3.8, 4) is 0 Å². The maximum absolute atomic E-state index is 10.8. The van der Waals surface area contributed by atoms with Gasteiger partial charge in [-0.15, -0.1) is 0 Å². The van der Waals surface area contributed by atoms with Crippen molar-refractivity contribution in [1.29, 1.82) is 0 Å². The van der Waals surface area contributed by atoms with Gasteiger partial charge in [-0.3, -0.25) is 4.68 Å². The van der Waals surface area contributed by atoms with E-state index in [1.807, 2.05) is 13.8 Å². The van der Waals surface area contributed by atoms with Gasteiger partial charge in [-0.2, -0.15) is 5.10 Å². The molecule has 0 saturated heterocycles. The van der Waals surface area contributed by atoms with Crippen LogP contribution in [0.2, 0.25) is 0 Å². The van der Waals surface area contributed by atoms with Crippen LogP contribution in [0.3, 0.4) is 0 Å². The Morgan fingerprint density at radius 3 is 2.57 bits per heavy atom. The maximum Gasteiger partial charge on any atom is 0.356 e. The van der Waals surface area contributed by atoms with Crippen molar-refractivity contribution in [1.82, 2.24) is 9.78 Å². The lowest BCUT2D eigenvalue weighted by molar-refractivity contribution is 0.0686. The number of rotatable bonds is 3. The predicted octanol–water partition coefficient (Wildman–Crippen LogP) is 0.899. The highest BCUT2D eigenvalue weighted by Gasteiger charge is 2.19. The van der Waals surface area contributed by atoms with E-state index < -0.39 is 5.97 Å². The summed E-state index contributed by atoms with van der Waals surface area (Å²) in [5, 5.41) is 12.9. The van der Waals surface area contributed by atoms with Gasteiger partial charge >= 0.3 is 5.97 Å². The van der Waals surface area contributed by atoms with Gasteiger partial charge in [0.05, 0.1) is 11.4 Å². The van der Waals surface area contributed by atoms with Crippen molar-refractivity contribution in [3.63, 3.8) is 0 Å². The summed E-state index contributed by atoms with van der Waals surface area (Å²) in [5.41, 5.74) is 6.71. The summed E-state index contributed by atoms with van der Waals surface area (Å²) in [6.07, 6.45) is 0.701. The predicted molar refractivity (Wildman–Crippen MR) is 53.1 cm³/mol. The summed E-state index contributed by atoms with van der Waals surface area (Å²) in [6.45, 7) is 4.07. The molecule has 0 aliphatic heterocycles. The van der Waals surface area contributed by atoms with E-state index in [-0.39, 0.29) is 11.4 Å². The molecule has 5 nitrogen and oxygen atoms in total. The fourth-order valence-corrected chi connectivity index (χ4v) is 1.39. The Balaban J connectivity index is 3.10. The molecule has 14 heavy (non-hydrogen) atoms. The highest BCUT2D eigenvalue weighted by Crippen LogP contribution is 2.19. The number of carboxylic acids is 1. The quantitative estimate of drug-likeness (QED) is 0.754. The van der Waals surface area contributed by atoms with E-state index >= 15 is 0 Å². The van der Waals surface area contributed by atoms with Crippen LogP contribution in [0.5, 0.6) is 0 Å². The van der Waals surface area contributed by atoms with Gasteiger partial charge in [0.2, 0.25) is 0 Å². The number of hydrogen-bond donors (Lipinski definition) is 2. The average Bonchev–Trinajstić information content (AvgIpc) is 2.25. The topological polar surface area (TPSA) is 81.1 Å². The van der Waals surface area contributed by atoms with Crippen molar-refractivity contribution >= 4 is 11.7 Å². The SMILES string of the molecule is CC(C)Cc1nn(C)c(C(=O)O)c1N. The van der Waals surface area contributed by atoms with E-state index in [4.69, 9.17) is 10.8 Å². The fourth-order valence-electron chi connectivity index (χ4n) is 1.39. The first-order chi connectivity index (χ1) is 6.43. The summed E-state index contributed by atoms with van der Waals surface area (Å²) in [5.74, 6) is -0.624. The van der Waals surface area contributed by atoms with E-state index in [0.29, 0.717) is 18.0 Å². The Morgan fingerprint density at radius 1 is 1.64 bits per heavy atom. The number of nitrogen functional groups attached to an aromatic ring is 1. The number of hydrogen-bond acceptors (Lipinski definition) is 3. The van der Waals surface area contributed by atoms with Crippen LogP contribution < -0.4 is 5.73 Å². The fraction of sp³-hybridized carbons (Fsp3) is 0.556. The van der Waals surface area contributed by atoms with Crippen molar-refractivity contribution in [2.75, 3.05) is 5.73 Å². The van der Waals surface area contributed by atoms with E-state index in [0.717, 1.165) is 0 Å². The zero-order valence-electron chi connectivity index (χ0n) is 8.61. The second-order valence-corrected chi connectivity index (χ2v) is 3.74. The number of carboxylic acid groups (broad SMARTS) is 1. The molecule has 0 radical (unpaired) electrons. The van der Waals surface area contributed by atoms with Crippen molar-refractivity contribution < 1.29 is 9.90 Å². The van der Waals surface area contributed by atoms with Gasteiger partial charge in [-0.05, 0) is 12.3 Å². The minimum Gasteiger partial charge on any atom is -0.476 e. The van der Waals surface area contributed by atoms with E-state index in [9.17, 15) is 4.79 Å². The number of nitrogens with zero attached hydrogens (tertiary/aromatic N) is 2. The molecule has 0 saturated carbocycles. The highest BCUT2D eigenvalue weighted by atomic mass is 16.4. The minimum atomic E-state index is -1.03. The zero-order chi connectivity index (χ0) is 10.9. The zero-order valence-corrected chi connectivity index (χ0v) is 8.61. The van der Waals surface area contributed by atoms with Crippen LogP contribution in [0, 0.1) is 5.92 Å². The average molecular weight is 197 g/mol. The molecule has 0 aromatic carbocycles. The number of aryl methyl sites for hydroxylation is 1. The Hall–Kier alpha value is -1.52. The van der Waals surface area contributed by atoms with Crippen LogP contribution in [0.25, 0.3) is 0 Å². The molecule has 0 amide bonds. The lowest BCUT2D eigenvalue weighted by Gasteiger charge is -2.00. The maximum atomic E-state index is 10.8. The van der Waals surface area contributed by atoms with Gasteiger partial charge in [-0.25, -0.2) is 4.79 Å². The summed E-state index contributed by atoms with van der Waals surface area (Å²) in [4.78, 5) is 10.8. The van der Waals surface area contributed by atoms with Crippen molar-refractivity contribution in [3.05, 3.63) is 11.4 Å². The molecule has 1 aromatic heterocycles. The molecule has 0 unspecified atom stereocenters. The summed E-state index contributed by atoms with van der Waals surface area (Å²) in [7, 11) is 1.59. The molecule has 1 heterocycles. The first-order valence-corrected chi connectivity index (χ1v) is 4.48. The van der Waals surface area contributed by atoms with Crippen LogP contribution in [0.1, 0.15) is 30.0 Å². The molecule has 0 aliphatic carbocycles. The van der Waals surface area contributed by atoms with Gasteiger partial charge in [0.25, 0.3) is 0 Å². The van der Waals surface area contributed by atoms with Crippen molar-refractivity contribution in [2.24, 2.45) is 13.0 Å². The molecule has 78 valence electrons. The van der Waals surface area contributed by atoms with E-state index in [2.05, 4.69) is 5.10 Å². The number of aromatic carboxylic acids is 1. The third-order valence-electron chi connectivity index (χ3n) is 1.96. The van der Waals surface area contributed by atoms with Crippen molar-refractivity contribution in [2.45, 2.75) is 20.3 Å². The van der Waals surface area contributed by atoms with E-state index in [1.54, 1.807) is 7.05 Å². The summed E-state index contributed by atoms with van der Waals surface area (Å²) in [6, 6.07) is 0. The monoisotopic (exact) mass is 197 g/mol. The Morgan fingerprint density at radius 2 is 2.21 bits per heavy atom. The number of anilines is 1. The second-order valence-electron chi connectivity index (χ2n) is 3.74. The Kier molecular flexibility index (Phi) is 2.78. The lowest BCUT2D eigenvalue weighted by atomic mass is 10.1. The van der Waals surface area contributed by atoms with E-state index in [1.165, 1.54) is 4.68 Å². The van der Waals surface area contributed by atoms with Gasteiger partial charge in [0.1, 0.15) is 0 Å². The van der Waals surface area contributed by atoms with Gasteiger partial charge in [-0.1, -0.05) is 13.8 Å². The van der Waals surface area contributed by atoms with Crippen LogP contribution in [0.4, 0.5) is 5.69 Å². The Bertz CT molecular complexity index is 355. The molecule has 1 rings (SSSR count). The molecular formula is C9H15N3O2. The molecule has 0 fully saturated rings.